The lowest BCUT2D eigenvalue weighted by atomic mass is 9.85. The predicted molar refractivity (Wildman–Crippen MR) is 60.6 cm³/mol. The lowest BCUT2D eigenvalue weighted by Gasteiger charge is -2.27. The first-order valence-electron chi connectivity index (χ1n) is 5.59. The van der Waals surface area contributed by atoms with E-state index in [1.54, 1.807) is 6.20 Å². The molecule has 0 bridgehead atoms. The Morgan fingerprint density at radius 3 is 2.69 bits per heavy atom. The molecular weight excluding hydrogens is 204 g/mol. The fraction of sp³-hybridized carbons (Fsp3) is 0.545. The summed E-state index contributed by atoms with van der Waals surface area (Å²) < 4.78 is 0. The number of hydrogen-bond donors (Lipinski definition) is 2. The van der Waals surface area contributed by atoms with Crippen molar-refractivity contribution in [2.75, 3.05) is 5.32 Å². The van der Waals surface area contributed by atoms with Gasteiger partial charge >= 0.3 is 0 Å². The molecule has 0 atom stereocenters. The maximum Gasteiger partial charge on any atom is 0.220 e. The molecule has 1 aliphatic rings. The van der Waals surface area contributed by atoms with Gasteiger partial charge in [-0.1, -0.05) is 0 Å². The van der Waals surface area contributed by atoms with Crippen molar-refractivity contribution in [1.82, 2.24) is 10.2 Å². The molecule has 1 heterocycles. The Hall–Kier alpha value is -1.65. The van der Waals surface area contributed by atoms with Crippen LogP contribution in [0.2, 0.25) is 0 Å². The molecule has 0 saturated heterocycles. The number of amides is 1. The Morgan fingerprint density at radius 2 is 2.12 bits per heavy atom. The van der Waals surface area contributed by atoms with Gasteiger partial charge < -0.3 is 11.1 Å². The van der Waals surface area contributed by atoms with Gasteiger partial charge in [0, 0.05) is 18.2 Å². The van der Waals surface area contributed by atoms with Crippen molar-refractivity contribution in [2.45, 2.75) is 31.7 Å². The molecule has 0 unspecified atom stereocenters. The predicted octanol–water partition coefficient (Wildman–Crippen LogP) is 0.933. The Bertz CT molecular complexity index is 346. The number of nitrogens with zero attached hydrogens (tertiary/aromatic N) is 2. The molecule has 0 aromatic carbocycles. The van der Waals surface area contributed by atoms with Gasteiger partial charge in [-0.3, -0.25) is 4.79 Å². The summed E-state index contributed by atoms with van der Waals surface area (Å²) in [6.45, 7) is 0. The van der Waals surface area contributed by atoms with Crippen LogP contribution >= 0.6 is 0 Å². The van der Waals surface area contributed by atoms with Crippen LogP contribution in [0.5, 0.6) is 0 Å². The summed E-state index contributed by atoms with van der Waals surface area (Å²) in [5, 5.41) is 11.1. The molecule has 1 saturated carbocycles. The highest BCUT2D eigenvalue weighted by molar-refractivity contribution is 5.76. The van der Waals surface area contributed by atoms with Crippen LogP contribution in [-0.4, -0.2) is 22.1 Å². The average molecular weight is 220 g/mol. The largest absolute Gasteiger partial charge is 0.369 e. The fourth-order valence-corrected chi connectivity index (χ4v) is 2.11. The third-order valence-corrected chi connectivity index (χ3v) is 3.05. The van der Waals surface area contributed by atoms with Gasteiger partial charge in [0.05, 0.1) is 0 Å². The molecule has 1 aromatic rings. The first-order chi connectivity index (χ1) is 7.75. The summed E-state index contributed by atoms with van der Waals surface area (Å²) in [5.74, 6) is 0.683. The second-order valence-electron chi connectivity index (χ2n) is 4.20. The quantitative estimate of drug-likeness (QED) is 0.794. The summed E-state index contributed by atoms with van der Waals surface area (Å²) >= 11 is 0. The van der Waals surface area contributed by atoms with Crippen LogP contribution < -0.4 is 11.1 Å². The fourth-order valence-electron chi connectivity index (χ4n) is 2.11. The second-order valence-corrected chi connectivity index (χ2v) is 4.20. The van der Waals surface area contributed by atoms with E-state index in [1.165, 1.54) is 0 Å². The Balaban J connectivity index is 1.84. The van der Waals surface area contributed by atoms with E-state index in [1.807, 2.05) is 12.1 Å². The maximum absolute atomic E-state index is 11.0. The topological polar surface area (TPSA) is 80.9 Å². The first-order valence-corrected chi connectivity index (χ1v) is 5.59. The molecule has 5 nitrogen and oxygen atoms in total. The summed E-state index contributed by atoms with van der Waals surface area (Å²) in [7, 11) is 0. The molecule has 1 aliphatic carbocycles. The standard InChI is InChI=1S/C11H16N4O/c12-11(16)8-3-5-9(6-4-8)14-10-2-1-7-13-15-10/h1-2,7-9H,3-6H2,(H2,12,16)(H,14,15). The van der Waals surface area contributed by atoms with Crippen molar-refractivity contribution in [3.05, 3.63) is 18.3 Å². The zero-order valence-electron chi connectivity index (χ0n) is 9.10. The van der Waals surface area contributed by atoms with E-state index >= 15 is 0 Å². The van der Waals surface area contributed by atoms with E-state index in [9.17, 15) is 4.79 Å². The normalized spacial score (nSPS) is 25.0. The third-order valence-electron chi connectivity index (χ3n) is 3.05. The molecule has 5 heteroatoms. The zero-order valence-corrected chi connectivity index (χ0v) is 9.10. The highest BCUT2D eigenvalue weighted by Gasteiger charge is 2.24. The van der Waals surface area contributed by atoms with Crippen molar-refractivity contribution >= 4 is 11.7 Å². The highest BCUT2D eigenvalue weighted by atomic mass is 16.1. The van der Waals surface area contributed by atoms with Crippen molar-refractivity contribution in [1.29, 1.82) is 0 Å². The van der Waals surface area contributed by atoms with Crippen molar-refractivity contribution < 1.29 is 4.79 Å². The van der Waals surface area contributed by atoms with Gasteiger partial charge in [0.15, 0.2) is 0 Å². The van der Waals surface area contributed by atoms with Crippen LogP contribution in [0.3, 0.4) is 0 Å². The molecule has 0 radical (unpaired) electrons. The number of rotatable bonds is 3. The van der Waals surface area contributed by atoms with Gasteiger partial charge in [0.25, 0.3) is 0 Å². The first kappa shape index (κ1) is 10.9. The minimum atomic E-state index is -0.169. The summed E-state index contributed by atoms with van der Waals surface area (Å²) in [6, 6.07) is 4.13. The summed E-state index contributed by atoms with van der Waals surface area (Å²) in [6.07, 6.45) is 5.31. The van der Waals surface area contributed by atoms with Gasteiger partial charge in [0.2, 0.25) is 5.91 Å². The number of carbonyl (C=O) groups excluding carboxylic acids is 1. The van der Waals surface area contributed by atoms with Crippen molar-refractivity contribution in [3.8, 4) is 0 Å². The van der Waals surface area contributed by atoms with Crippen LogP contribution in [-0.2, 0) is 4.79 Å². The van der Waals surface area contributed by atoms with Crippen LogP contribution in [0.1, 0.15) is 25.7 Å². The van der Waals surface area contributed by atoms with E-state index in [0.717, 1.165) is 31.5 Å². The number of nitrogens with one attached hydrogen (secondary N) is 1. The number of nitrogens with two attached hydrogens (primary N) is 1. The summed E-state index contributed by atoms with van der Waals surface area (Å²) in [5.41, 5.74) is 5.28. The lowest BCUT2D eigenvalue weighted by Crippen LogP contribution is -2.32. The van der Waals surface area contributed by atoms with E-state index < -0.39 is 0 Å². The average Bonchev–Trinajstić information content (AvgIpc) is 2.31. The molecule has 0 aliphatic heterocycles. The molecule has 3 N–H and O–H groups in total. The van der Waals surface area contributed by atoms with Crippen LogP contribution in [0.4, 0.5) is 5.82 Å². The van der Waals surface area contributed by atoms with Crippen molar-refractivity contribution in [2.24, 2.45) is 11.7 Å². The molecule has 86 valence electrons. The minimum Gasteiger partial charge on any atom is -0.369 e. The van der Waals surface area contributed by atoms with Crippen LogP contribution in [0.25, 0.3) is 0 Å². The third kappa shape index (κ3) is 2.68. The molecule has 2 rings (SSSR count). The van der Waals surface area contributed by atoms with E-state index in [0.29, 0.717) is 6.04 Å². The van der Waals surface area contributed by atoms with Gasteiger partial charge in [0.1, 0.15) is 5.82 Å². The number of anilines is 1. The van der Waals surface area contributed by atoms with Crippen LogP contribution in [0.15, 0.2) is 18.3 Å². The second kappa shape index (κ2) is 4.92. The molecular formula is C11H16N4O. The maximum atomic E-state index is 11.0. The van der Waals surface area contributed by atoms with E-state index in [4.69, 9.17) is 5.73 Å². The molecule has 1 fully saturated rings. The Kier molecular flexibility index (Phi) is 3.34. The zero-order chi connectivity index (χ0) is 11.4. The molecule has 1 aromatic heterocycles. The van der Waals surface area contributed by atoms with E-state index in [-0.39, 0.29) is 11.8 Å². The van der Waals surface area contributed by atoms with Gasteiger partial charge in [-0.15, -0.1) is 5.10 Å². The van der Waals surface area contributed by atoms with Gasteiger partial charge in [-0.2, -0.15) is 5.10 Å². The van der Waals surface area contributed by atoms with E-state index in [2.05, 4.69) is 15.5 Å². The SMILES string of the molecule is NC(=O)C1CCC(Nc2cccnn2)CC1. The number of aromatic nitrogens is 2. The van der Waals surface area contributed by atoms with Gasteiger partial charge in [-0.25, -0.2) is 0 Å². The molecule has 1 amide bonds. The lowest BCUT2D eigenvalue weighted by molar-refractivity contribution is -0.122. The van der Waals surface area contributed by atoms with Gasteiger partial charge in [-0.05, 0) is 37.8 Å². The number of carbonyl (C=O) groups is 1. The Morgan fingerprint density at radius 1 is 1.38 bits per heavy atom. The van der Waals surface area contributed by atoms with Crippen LogP contribution in [0, 0.1) is 5.92 Å². The Labute approximate surface area is 94.4 Å². The summed E-state index contributed by atoms with van der Waals surface area (Å²) in [4.78, 5) is 11.0. The number of primary amides is 1. The molecule has 0 spiro atoms. The smallest absolute Gasteiger partial charge is 0.220 e. The number of hydrogen-bond acceptors (Lipinski definition) is 4. The highest BCUT2D eigenvalue weighted by Crippen LogP contribution is 2.25. The monoisotopic (exact) mass is 220 g/mol. The van der Waals surface area contributed by atoms with Crippen molar-refractivity contribution in [3.63, 3.8) is 0 Å². The molecule has 16 heavy (non-hydrogen) atoms. The minimum absolute atomic E-state index is 0.0555.